The summed E-state index contributed by atoms with van der Waals surface area (Å²) in [6, 6.07) is 1.54. The van der Waals surface area contributed by atoms with Crippen LogP contribution in [0.3, 0.4) is 0 Å². The second-order valence-electron chi connectivity index (χ2n) is 4.04. The third-order valence-electron chi connectivity index (χ3n) is 2.58. The Morgan fingerprint density at radius 2 is 1.30 bits per heavy atom. The monoisotopic (exact) mass is 294 g/mol. The van der Waals surface area contributed by atoms with E-state index in [0.29, 0.717) is 17.7 Å². The molecule has 0 bridgehead atoms. The van der Waals surface area contributed by atoms with Gasteiger partial charge in [0.05, 0.1) is 11.1 Å². The van der Waals surface area contributed by atoms with Crippen LogP contribution >= 0.6 is 0 Å². The molecular formula is C14H12F6. The molecule has 0 atom stereocenters. The molecule has 1 rings (SSSR count). The fourth-order valence-electron chi connectivity index (χ4n) is 1.66. The molecule has 1 aromatic carbocycles. The SMILES string of the molecule is C/C=C\C(=C/C)c1cc(C(F)(F)F)cc(C(F)(F)F)c1. The molecule has 0 aliphatic rings. The Balaban J connectivity index is 3.54. The van der Waals surface area contributed by atoms with Crippen molar-refractivity contribution in [2.45, 2.75) is 26.2 Å². The fraction of sp³-hybridized carbons (Fsp3) is 0.286. The molecule has 0 aromatic heterocycles. The Kier molecular flexibility index (Phi) is 4.68. The summed E-state index contributed by atoms with van der Waals surface area (Å²) in [4.78, 5) is 0. The Bertz CT molecular complexity index is 499. The average molecular weight is 294 g/mol. The predicted octanol–water partition coefficient (Wildman–Crippen LogP) is 5.70. The maximum atomic E-state index is 12.7. The number of benzene rings is 1. The normalized spacial score (nSPS) is 14.1. The number of rotatable bonds is 2. The standard InChI is InChI=1S/C14H12F6/c1-3-5-9(4-2)10-6-11(13(15,16)17)8-12(7-10)14(18,19)20/h3-8H,1-2H3/b5-3-,9-4+. The van der Waals surface area contributed by atoms with Gasteiger partial charge in [0.2, 0.25) is 0 Å². The molecule has 0 fully saturated rings. The lowest BCUT2D eigenvalue weighted by atomic mass is 9.98. The Morgan fingerprint density at radius 3 is 1.60 bits per heavy atom. The van der Waals surface area contributed by atoms with Crippen molar-refractivity contribution in [3.63, 3.8) is 0 Å². The van der Waals surface area contributed by atoms with Crippen LogP contribution in [-0.2, 0) is 12.4 Å². The number of hydrogen-bond donors (Lipinski definition) is 0. The lowest BCUT2D eigenvalue weighted by Crippen LogP contribution is -2.11. The van der Waals surface area contributed by atoms with Crippen molar-refractivity contribution in [1.29, 1.82) is 0 Å². The van der Waals surface area contributed by atoms with E-state index >= 15 is 0 Å². The van der Waals surface area contributed by atoms with Crippen molar-refractivity contribution in [2.24, 2.45) is 0 Å². The van der Waals surface area contributed by atoms with Crippen LogP contribution in [0.1, 0.15) is 30.5 Å². The highest BCUT2D eigenvalue weighted by molar-refractivity contribution is 5.74. The highest BCUT2D eigenvalue weighted by Crippen LogP contribution is 2.37. The molecule has 0 amide bonds. The molecule has 6 heteroatoms. The topological polar surface area (TPSA) is 0 Å². The maximum Gasteiger partial charge on any atom is 0.416 e. The van der Waals surface area contributed by atoms with Gasteiger partial charge in [-0.15, -0.1) is 0 Å². The summed E-state index contributed by atoms with van der Waals surface area (Å²) in [5.41, 5.74) is -2.45. The second kappa shape index (κ2) is 5.73. The second-order valence-corrected chi connectivity index (χ2v) is 4.04. The van der Waals surface area contributed by atoms with E-state index in [4.69, 9.17) is 0 Å². The van der Waals surface area contributed by atoms with Gasteiger partial charge in [0, 0.05) is 0 Å². The third kappa shape index (κ3) is 3.88. The Morgan fingerprint density at radius 1 is 0.850 bits per heavy atom. The molecule has 0 saturated heterocycles. The van der Waals surface area contributed by atoms with E-state index in [1.165, 1.54) is 12.2 Å². The van der Waals surface area contributed by atoms with Crippen molar-refractivity contribution in [1.82, 2.24) is 0 Å². The summed E-state index contributed by atoms with van der Waals surface area (Å²) in [5, 5.41) is 0. The van der Waals surface area contributed by atoms with Crippen LogP contribution in [0.5, 0.6) is 0 Å². The van der Waals surface area contributed by atoms with E-state index < -0.39 is 23.5 Å². The minimum atomic E-state index is -4.83. The van der Waals surface area contributed by atoms with Crippen LogP contribution in [0.2, 0.25) is 0 Å². The highest BCUT2D eigenvalue weighted by atomic mass is 19.4. The minimum Gasteiger partial charge on any atom is -0.166 e. The summed E-state index contributed by atoms with van der Waals surface area (Å²) in [6.07, 6.45) is -5.20. The van der Waals surface area contributed by atoms with Crippen molar-refractivity contribution in [3.05, 3.63) is 53.1 Å². The maximum absolute atomic E-state index is 12.7. The van der Waals surface area contributed by atoms with Crippen LogP contribution < -0.4 is 0 Å². The molecule has 0 aliphatic carbocycles. The zero-order chi connectivity index (χ0) is 15.6. The van der Waals surface area contributed by atoms with Crippen LogP contribution in [0.25, 0.3) is 5.57 Å². The summed E-state index contributed by atoms with van der Waals surface area (Å²) >= 11 is 0. The number of hydrogen-bond acceptors (Lipinski definition) is 0. The number of halogens is 6. The van der Waals surface area contributed by atoms with Crippen molar-refractivity contribution >= 4 is 5.57 Å². The van der Waals surface area contributed by atoms with Gasteiger partial charge in [0.25, 0.3) is 0 Å². The van der Waals surface area contributed by atoms with Crippen LogP contribution in [0.4, 0.5) is 26.3 Å². The summed E-state index contributed by atoms with van der Waals surface area (Å²) in [6.45, 7) is 3.17. The van der Waals surface area contributed by atoms with Crippen LogP contribution in [0.15, 0.2) is 36.4 Å². The molecule has 0 nitrogen and oxygen atoms in total. The van der Waals surface area contributed by atoms with Gasteiger partial charge < -0.3 is 0 Å². The average Bonchev–Trinajstić information content (AvgIpc) is 2.33. The van der Waals surface area contributed by atoms with Gasteiger partial charge >= 0.3 is 12.4 Å². The quantitative estimate of drug-likeness (QED) is 0.484. The van der Waals surface area contributed by atoms with Crippen molar-refractivity contribution < 1.29 is 26.3 Å². The zero-order valence-corrected chi connectivity index (χ0v) is 10.7. The molecular weight excluding hydrogens is 282 g/mol. The van der Waals surface area contributed by atoms with Gasteiger partial charge in [-0.25, -0.2) is 0 Å². The molecule has 0 heterocycles. The van der Waals surface area contributed by atoms with E-state index in [2.05, 4.69) is 0 Å². The van der Waals surface area contributed by atoms with Crippen LogP contribution in [-0.4, -0.2) is 0 Å². The van der Waals surface area contributed by atoms with E-state index in [9.17, 15) is 26.3 Å². The molecule has 0 unspecified atom stereocenters. The molecule has 20 heavy (non-hydrogen) atoms. The fourth-order valence-corrected chi connectivity index (χ4v) is 1.66. The zero-order valence-electron chi connectivity index (χ0n) is 10.7. The smallest absolute Gasteiger partial charge is 0.166 e. The molecule has 0 saturated carbocycles. The first-order valence-electron chi connectivity index (χ1n) is 5.68. The van der Waals surface area contributed by atoms with Gasteiger partial charge in [-0.2, -0.15) is 26.3 Å². The van der Waals surface area contributed by atoms with Crippen molar-refractivity contribution in [3.8, 4) is 0 Å². The summed E-state index contributed by atoms with van der Waals surface area (Å²) in [7, 11) is 0. The first kappa shape index (κ1) is 16.3. The van der Waals surface area contributed by atoms with E-state index in [1.54, 1.807) is 19.9 Å². The molecule has 0 spiro atoms. The minimum absolute atomic E-state index is 0.118. The van der Waals surface area contributed by atoms with E-state index in [1.807, 2.05) is 0 Å². The Labute approximate surface area is 112 Å². The third-order valence-corrected chi connectivity index (χ3v) is 2.58. The first-order valence-corrected chi connectivity index (χ1v) is 5.68. The van der Waals surface area contributed by atoms with Gasteiger partial charge in [-0.3, -0.25) is 0 Å². The number of alkyl halides is 6. The molecule has 0 N–H and O–H groups in total. The highest BCUT2D eigenvalue weighted by Gasteiger charge is 2.36. The molecule has 0 aliphatic heterocycles. The van der Waals surface area contributed by atoms with Crippen molar-refractivity contribution in [2.75, 3.05) is 0 Å². The number of allylic oxidation sites excluding steroid dienone is 4. The van der Waals surface area contributed by atoms with Crippen LogP contribution in [0, 0.1) is 0 Å². The summed E-state index contributed by atoms with van der Waals surface area (Å²) in [5.74, 6) is 0. The lowest BCUT2D eigenvalue weighted by molar-refractivity contribution is -0.143. The molecule has 110 valence electrons. The predicted molar refractivity (Wildman–Crippen MR) is 64.9 cm³/mol. The summed E-state index contributed by atoms with van der Waals surface area (Å²) < 4.78 is 76.1. The van der Waals surface area contributed by atoms with Gasteiger partial charge in [0.15, 0.2) is 0 Å². The first-order chi connectivity index (χ1) is 9.09. The van der Waals surface area contributed by atoms with Gasteiger partial charge in [-0.05, 0) is 43.2 Å². The molecule has 1 aromatic rings. The van der Waals surface area contributed by atoms with Gasteiger partial charge in [-0.1, -0.05) is 18.2 Å². The van der Waals surface area contributed by atoms with E-state index in [0.717, 1.165) is 0 Å². The molecule has 0 radical (unpaired) electrons. The largest absolute Gasteiger partial charge is 0.416 e. The van der Waals surface area contributed by atoms with Gasteiger partial charge in [0.1, 0.15) is 0 Å². The Hall–Kier alpha value is -1.72. The van der Waals surface area contributed by atoms with E-state index in [-0.39, 0.29) is 11.6 Å². The lowest BCUT2D eigenvalue weighted by Gasteiger charge is -2.14.